The molecule has 0 saturated heterocycles. The number of nitrogens with zero attached hydrogens (tertiary/aromatic N) is 1. The van der Waals surface area contributed by atoms with Crippen molar-refractivity contribution < 1.29 is 4.42 Å². The zero-order valence-electron chi connectivity index (χ0n) is 29.7. The normalized spacial score (nSPS) is 12.0. The fraction of sp³-hybridized carbons (Fsp3) is 0. The van der Waals surface area contributed by atoms with Crippen molar-refractivity contribution in [2.75, 3.05) is 4.90 Å². The molecule has 10 aromatic carbocycles. The van der Waals surface area contributed by atoms with Crippen molar-refractivity contribution in [3.63, 3.8) is 0 Å². The Morgan fingerprint density at radius 2 is 1.02 bits per heavy atom. The molecule has 55 heavy (non-hydrogen) atoms. The first-order chi connectivity index (χ1) is 27.3. The van der Waals surface area contributed by atoms with E-state index in [1.165, 1.54) is 63.6 Å². The Bertz CT molecular complexity index is 3490. The Hall–Kier alpha value is -6.94. The van der Waals surface area contributed by atoms with E-state index in [0.29, 0.717) is 0 Å². The molecule has 0 fully saturated rings. The van der Waals surface area contributed by atoms with E-state index in [0.717, 1.165) is 49.8 Å². The van der Waals surface area contributed by atoms with Gasteiger partial charge in [-0.05, 0) is 79.8 Å². The van der Waals surface area contributed by atoms with Crippen LogP contribution in [0.15, 0.2) is 192 Å². The van der Waals surface area contributed by atoms with Crippen molar-refractivity contribution in [3.05, 3.63) is 188 Å². The van der Waals surface area contributed by atoms with Gasteiger partial charge in [0.25, 0.3) is 0 Å². The van der Waals surface area contributed by atoms with E-state index in [4.69, 9.17) is 4.42 Å². The Labute approximate surface area is 320 Å². The molecule has 12 aromatic rings. The van der Waals surface area contributed by atoms with Gasteiger partial charge in [0.1, 0.15) is 11.2 Å². The average molecular weight is 718 g/mol. The fourth-order valence-electron chi connectivity index (χ4n) is 8.92. The second-order valence-electron chi connectivity index (χ2n) is 14.4. The standard InChI is InChI=1S/C52H31NOS/c1-4-16-37-32(12-1)15-11-22-38(37)34-24-27-36(28-25-34)53(45-31-44-42-20-9-10-23-47(42)54-51(44)43-21-8-7-19-41(43)45)46-30-35-14-3-6-18-40(35)50-49-39-17-5-2-13-33(39)26-29-48(49)55-52(46)50/h1-31H. The first-order valence-corrected chi connectivity index (χ1v) is 19.6. The zero-order valence-corrected chi connectivity index (χ0v) is 30.5. The maximum Gasteiger partial charge on any atom is 0.143 e. The molecular formula is C52H31NOS. The van der Waals surface area contributed by atoms with Gasteiger partial charge < -0.3 is 9.32 Å². The number of hydrogen-bond acceptors (Lipinski definition) is 3. The SMILES string of the molecule is c1ccc2c(-c3ccc(N(c4cc5c6ccccc6oc5c5ccccc45)c4cc5ccccc5c5c4sc4ccc6ccccc6c45)cc3)cccc2c1. The fourth-order valence-corrected chi connectivity index (χ4v) is 10.2. The summed E-state index contributed by atoms with van der Waals surface area (Å²) in [4.78, 5) is 2.50. The van der Waals surface area contributed by atoms with Crippen LogP contribution in [0.1, 0.15) is 0 Å². The lowest BCUT2D eigenvalue weighted by atomic mass is 9.96. The third-order valence-electron chi connectivity index (χ3n) is 11.4. The largest absolute Gasteiger partial charge is 0.455 e. The summed E-state index contributed by atoms with van der Waals surface area (Å²) < 4.78 is 9.16. The number of rotatable bonds is 4. The molecule has 0 aliphatic rings. The minimum Gasteiger partial charge on any atom is -0.455 e. The highest BCUT2D eigenvalue weighted by Crippen LogP contribution is 2.52. The topological polar surface area (TPSA) is 16.4 Å². The van der Waals surface area contributed by atoms with Crippen LogP contribution < -0.4 is 4.90 Å². The minimum atomic E-state index is 0.898. The van der Waals surface area contributed by atoms with Gasteiger partial charge in [0.15, 0.2) is 0 Å². The molecule has 0 N–H and O–H groups in total. The molecule has 0 aliphatic heterocycles. The van der Waals surface area contributed by atoms with Crippen molar-refractivity contribution in [2.45, 2.75) is 0 Å². The maximum atomic E-state index is 6.60. The first-order valence-electron chi connectivity index (χ1n) is 18.8. The average Bonchev–Trinajstić information content (AvgIpc) is 3.84. The maximum absolute atomic E-state index is 6.60. The van der Waals surface area contributed by atoms with Gasteiger partial charge in [-0.2, -0.15) is 0 Å². The van der Waals surface area contributed by atoms with E-state index >= 15 is 0 Å². The number of para-hydroxylation sites is 1. The molecule has 0 unspecified atom stereocenters. The summed E-state index contributed by atoms with van der Waals surface area (Å²) >= 11 is 1.89. The van der Waals surface area contributed by atoms with Gasteiger partial charge in [-0.15, -0.1) is 11.3 Å². The third-order valence-corrected chi connectivity index (χ3v) is 12.6. The van der Waals surface area contributed by atoms with Crippen LogP contribution in [0.25, 0.3) is 96.3 Å². The molecule has 0 amide bonds. The van der Waals surface area contributed by atoms with E-state index in [2.05, 4.69) is 193 Å². The van der Waals surface area contributed by atoms with Crippen LogP contribution in [0, 0.1) is 0 Å². The molecule has 0 spiro atoms. The Balaban J connectivity index is 1.20. The molecule has 12 rings (SSSR count). The van der Waals surface area contributed by atoms with Gasteiger partial charge in [-0.3, -0.25) is 0 Å². The highest BCUT2D eigenvalue weighted by atomic mass is 32.1. The lowest BCUT2D eigenvalue weighted by molar-refractivity contribution is 0.672. The van der Waals surface area contributed by atoms with Crippen LogP contribution in [0.3, 0.4) is 0 Å². The van der Waals surface area contributed by atoms with Crippen molar-refractivity contribution in [2.24, 2.45) is 0 Å². The van der Waals surface area contributed by atoms with Gasteiger partial charge in [0.05, 0.1) is 16.1 Å². The predicted molar refractivity (Wildman–Crippen MR) is 237 cm³/mol. The third kappa shape index (κ3) is 4.54. The zero-order chi connectivity index (χ0) is 36.0. The molecule has 2 heterocycles. The van der Waals surface area contributed by atoms with Gasteiger partial charge >= 0.3 is 0 Å². The van der Waals surface area contributed by atoms with Gasteiger partial charge in [-0.25, -0.2) is 0 Å². The van der Waals surface area contributed by atoms with E-state index < -0.39 is 0 Å². The lowest BCUT2D eigenvalue weighted by Gasteiger charge is -2.28. The van der Waals surface area contributed by atoms with Crippen LogP contribution in [-0.4, -0.2) is 0 Å². The summed E-state index contributed by atoms with van der Waals surface area (Å²) in [6.45, 7) is 0. The summed E-state index contributed by atoms with van der Waals surface area (Å²) in [7, 11) is 0. The Morgan fingerprint density at radius 1 is 0.400 bits per heavy atom. The van der Waals surface area contributed by atoms with E-state index in [9.17, 15) is 0 Å². The number of anilines is 3. The van der Waals surface area contributed by atoms with Crippen molar-refractivity contribution in [3.8, 4) is 11.1 Å². The quantitative estimate of drug-likeness (QED) is 0.180. The van der Waals surface area contributed by atoms with Gasteiger partial charge in [0, 0.05) is 42.7 Å². The summed E-state index contributed by atoms with van der Waals surface area (Å²) in [5.41, 5.74) is 7.62. The molecule has 0 radical (unpaired) electrons. The summed E-state index contributed by atoms with van der Waals surface area (Å²) in [5, 5.41) is 14.6. The molecule has 0 aliphatic carbocycles. The molecular weight excluding hydrogens is 687 g/mol. The monoisotopic (exact) mass is 717 g/mol. The molecule has 3 heteroatoms. The summed E-state index contributed by atoms with van der Waals surface area (Å²) in [6, 6.07) is 68.5. The number of fused-ring (bicyclic) bond motifs is 13. The van der Waals surface area contributed by atoms with E-state index in [1.54, 1.807) is 0 Å². The van der Waals surface area contributed by atoms with Crippen LogP contribution in [0.2, 0.25) is 0 Å². The predicted octanol–water partition coefficient (Wildman–Crippen LogP) is 15.7. The van der Waals surface area contributed by atoms with Crippen LogP contribution in [-0.2, 0) is 0 Å². The highest BCUT2D eigenvalue weighted by Gasteiger charge is 2.25. The van der Waals surface area contributed by atoms with Crippen molar-refractivity contribution >= 4 is 114 Å². The Morgan fingerprint density at radius 3 is 1.82 bits per heavy atom. The summed E-state index contributed by atoms with van der Waals surface area (Å²) in [6.07, 6.45) is 0. The van der Waals surface area contributed by atoms with Crippen molar-refractivity contribution in [1.29, 1.82) is 0 Å². The molecule has 0 atom stereocenters. The van der Waals surface area contributed by atoms with Crippen LogP contribution in [0.4, 0.5) is 17.1 Å². The number of benzene rings is 10. The highest BCUT2D eigenvalue weighted by molar-refractivity contribution is 7.26. The minimum absolute atomic E-state index is 0.898. The summed E-state index contributed by atoms with van der Waals surface area (Å²) in [5.74, 6) is 0. The van der Waals surface area contributed by atoms with Crippen LogP contribution in [0.5, 0.6) is 0 Å². The second kappa shape index (κ2) is 11.8. The molecule has 0 saturated carbocycles. The Kier molecular flexibility index (Phi) is 6.54. The number of furan rings is 1. The van der Waals surface area contributed by atoms with Gasteiger partial charge in [0.2, 0.25) is 0 Å². The molecule has 2 nitrogen and oxygen atoms in total. The van der Waals surface area contributed by atoms with Crippen molar-refractivity contribution in [1.82, 2.24) is 0 Å². The number of hydrogen-bond donors (Lipinski definition) is 0. The van der Waals surface area contributed by atoms with Crippen LogP contribution >= 0.6 is 11.3 Å². The second-order valence-corrected chi connectivity index (χ2v) is 15.5. The lowest BCUT2D eigenvalue weighted by Crippen LogP contribution is -2.11. The molecule has 256 valence electrons. The smallest absolute Gasteiger partial charge is 0.143 e. The molecule has 2 aromatic heterocycles. The molecule has 0 bridgehead atoms. The van der Waals surface area contributed by atoms with Gasteiger partial charge in [-0.1, -0.05) is 152 Å². The van der Waals surface area contributed by atoms with E-state index in [-0.39, 0.29) is 0 Å². The first kappa shape index (κ1) is 30.5. The van der Waals surface area contributed by atoms with E-state index in [1.807, 2.05) is 11.3 Å². The number of thiophene rings is 1.